The summed E-state index contributed by atoms with van der Waals surface area (Å²) in [6.45, 7) is 4.90. The number of hydrogen-bond acceptors (Lipinski definition) is 5. The Morgan fingerprint density at radius 2 is 1.97 bits per heavy atom. The lowest BCUT2D eigenvalue weighted by atomic mass is 10.1. The van der Waals surface area contributed by atoms with Crippen LogP contribution in [-0.4, -0.2) is 45.8 Å². The lowest BCUT2D eigenvalue weighted by molar-refractivity contribution is 0.114. The molecule has 0 atom stereocenters. The van der Waals surface area contributed by atoms with Crippen LogP contribution in [0.2, 0.25) is 0 Å². The van der Waals surface area contributed by atoms with Gasteiger partial charge in [0.15, 0.2) is 0 Å². The van der Waals surface area contributed by atoms with E-state index >= 15 is 0 Å². The third-order valence-electron chi connectivity index (χ3n) is 5.16. The number of aromatic nitrogens is 3. The number of ether oxygens (including phenoxy) is 1. The maximum absolute atomic E-state index is 6.08. The van der Waals surface area contributed by atoms with Gasteiger partial charge in [0.05, 0.1) is 6.54 Å². The molecule has 0 unspecified atom stereocenters. The average Bonchev–Trinajstić information content (AvgIpc) is 3.38. The summed E-state index contributed by atoms with van der Waals surface area (Å²) < 4.78 is 13.5. The molecule has 0 bridgehead atoms. The second kappa shape index (κ2) is 8.97. The SMILES string of the molecule is CCc1nccn1Cc1cc(C#Cc2ccc(OC3CCN(C)CC3)cc2)on1. The van der Waals surface area contributed by atoms with Crippen LogP contribution in [0.15, 0.2) is 47.2 Å². The highest BCUT2D eigenvalue weighted by atomic mass is 16.5. The van der Waals surface area contributed by atoms with E-state index in [-0.39, 0.29) is 0 Å². The smallest absolute Gasteiger partial charge is 0.210 e. The first kappa shape index (κ1) is 19.3. The monoisotopic (exact) mass is 390 g/mol. The highest BCUT2D eigenvalue weighted by Gasteiger charge is 2.17. The molecule has 0 N–H and O–H groups in total. The Morgan fingerprint density at radius 1 is 1.17 bits per heavy atom. The van der Waals surface area contributed by atoms with Gasteiger partial charge < -0.3 is 18.7 Å². The zero-order chi connectivity index (χ0) is 20.1. The summed E-state index contributed by atoms with van der Waals surface area (Å²) in [5.74, 6) is 8.66. The number of rotatable bonds is 5. The number of piperidine rings is 1. The molecule has 6 heteroatoms. The van der Waals surface area contributed by atoms with Gasteiger partial charge in [0.2, 0.25) is 5.76 Å². The molecule has 6 nitrogen and oxygen atoms in total. The zero-order valence-electron chi connectivity index (χ0n) is 17.0. The molecule has 2 aromatic heterocycles. The van der Waals surface area contributed by atoms with Gasteiger partial charge in [0.1, 0.15) is 23.4 Å². The Bertz CT molecular complexity index is 986. The Kier molecular flexibility index (Phi) is 5.97. The molecule has 1 fully saturated rings. The zero-order valence-corrected chi connectivity index (χ0v) is 17.0. The van der Waals surface area contributed by atoms with E-state index in [1.165, 1.54) is 0 Å². The molecular weight excluding hydrogens is 364 g/mol. The number of hydrogen-bond donors (Lipinski definition) is 0. The summed E-state index contributed by atoms with van der Waals surface area (Å²) in [5.41, 5.74) is 1.76. The number of imidazole rings is 1. The second-order valence-electron chi connectivity index (χ2n) is 7.40. The Labute approximate surface area is 171 Å². The first-order chi connectivity index (χ1) is 14.2. The lowest BCUT2D eigenvalue weighted by Gasteiger charge is -2.29. The van der Waals surface area contributed by atoms with Crippen LogP contribution in [0.1, 0.15) is 42.6 Å². The minimum Gasteiger partial charge on any atom is -0.490 e. The third-order valence-corrected chi connectivity index (χ3v) is 5.16. The van der Waals surface area contributed by atoms with Gasteiger partial charge in [-0.3, -0.25) is 0 Å². The van der Waals surface area contributed by atoms with Gasteiger partial charge >= 0.3 is 0 Å². The van der Waals surface area contributed by atoms with Crippen molar-refractivity contribution in [3.05, 3.63) is 65.6 Å². The van der Waals surface area contributed by atoms with Crippen LogP contribution in [0.25, 0.3) is 0 Å². The van der Waals surface area contributed by atoms with Crippen molar-refractivity contribution in [3.8, 4) is 17.6 Å². The second-order valence-corrected chi connectivity index (χ2v) is 7.40. The summed E-state index contributed by atoms with van der Waals surface area (Å²) in [6, 6.07) is 9.81. The van der Waals surface area contributed by atoms with Gasteiger partial charge in [0.25, 0.3) is 0 Å². The van der Waals surface area contributed by atoms with Gasteiger partial charge in [-0.2, -0.15) is 0 Å². The molecule has 0 aliphatic carbocycles. The first-order valence-corrected chi connectivity index (χ1v) is 10.1. The maximum Gasteiger partial charge on any atom is 0.210 e. The molecule has 4 rings (SSSR count). The van der Waals surface area contributed by atoms with E-state index in [2.05, 4.69) is 45.4 Å². The summed E-state index contributed by atoms with van der Waals surface area (Å²) in [7, 11) is 2.15. The van der Waals surface area contributed by atoms with Crippen molar-refractivity contribution in [2.45, 2.75) is 38.8 Å². The molecule has 1 aromatic carbocycles. The summed E-state index contributed by atoms with van der Waals surface area (Å²) in [5, 5.41) is 4.11. The predicted octanol–water partition coefficient (Wildman–Crippen LogP) is 3.35. The lowest BCUT2D eigenvalue weighted by Crippen LogP contribution is -2.35. The molecule has 0 spiro atoms. The molecule has 3 heterocycles. The highest BCUT2D eigenvalue weighted by molar-refractivity contribution is 5.41. The van der Waals surface area contributed by atoms with Crippen LogP contribution < -0.4 is 4.74 Å². The largest absolute Gasteiger partial charge is 0.490 e. The van der Waals surface area contributed by atoms with E-state index < -0.39 is 0 Å². The molecule has 0 amide bonds. The van der Waals surface area contributed by atoms with Gasteiger partial charge in [-0.25, -0.2) is 4.98 Å². The topological polar surface area (TPSA) is 56.3 Å². The van der Waals surface area contributed by atoms with Crippen LogP contribution >= 0.6 is 0 Å². The number of benzene rings is 1. The Balaban J connectivity index is 1.35. The molecule has 1 saturated heterocycles. The van der Waals surface area contributed by atoms with Crippen molar-refractivity contribution in [1.29, 1.82) is 0 Å². The standard InChI is InChI=1S/C23H26N4O2/c1-3-23-24-12-15-27(23)17-19-16-22(29-25-19)9-6-18-4-7-20(8-5-18)28-21-10-13-26(2)14-11-21/h4-5,7-8,12,15-16,21H,3,10-11,13-14,17H2,1-2H3. The molecule has 0 saturated carbocycles. The first-order valence-electron chi connectivity index (χ1n) is 10.1. The van der Waals surface area contributed by atoms with E-state index in [1.807, 2.05) is 36.5 Å². The van der Waals surface area contributed by atoms with Crippen molar-refractivity contribution in [3.63, 3.8) is 0 Å². The van der Waals surface area contributed by atoms with E-state index in [4.69, 9.17) is 9.26 Å². The summed E-state index contributed by atoms with van der Waals surface area (Å²) >= 11 is 0. The van der Waals surface area contributed by atoms with Crippen LogP contribution in [0, 0.1) is 11.8 Å². The quantitative estimate of drug-likeness (QED) is 0.626. The average molecular weight is 390 g/mol. The Hall–Kier alpha value is -3.04. The molecule has 1 aliphatic heterocycles. The fraction of sp³-hybridized carbons (Fsp3) is 0.391. The van der Waals surface area contributed by atoms with Gasteiger partial charge in [0, 0.05) is 43.5 Å². The predicted molar refractivity (Wildman–Crippen MR) is 111 cm³/mol. The van der Waals surface area contributed by atoms with Crippen LogP contribution in [0.4, 0.5) is 0 Å². The molecule has 1 aliphatic rings. The van der Waals surface area contributed by atoms with Crippen molar-refractivity contribution in [2.24, 2.45) is 0 Å². The van der Waals surface area contributed by atoms with Crippen molar-refractivity contribution >= 4 is 0 Å². The minimum absolute atomic E-state index is 0.305. The van der Waals surface area contributed by atoms with Gasteiger partial charge in [-0.05, 0) is 50.1 Å². The van der Waals surface area contributed by atoms with E-state index in [9.17, 15) is 0 Å². The van der Waals surface area contributed by atoms with E-state index in [0.717, 1.165) is 55.2 Å². The van der Waals surface area contributed by atoms with Crippen molar-refractivity contribution in [2.75, 3.05) is 20.1 Å². The van der Waals surface area contributed by atoms with Crippen LogP contribution in [-0.2, 0) is 13.0 Å². The third kappa shape index (κ3) is 5.07. The van der Waals surface area contributed by atoms with Crippen LogP contribution in [0.3, 0.4) is 0 Å². The van der Waals surface area contributed by atoms with E-state index in [0.29, 0.717) is 18.4 Å². The number of likely N-dealkylation sites (tertiary alicyclic amines) is 1. The molecule has 150 valence electrons. The highest BCUT2D eigenvalue weighted by Crippen LogP contribution is 2.19. The summed E-state index contributed by atoms with van der Waals surface area (Å²) in [6.07, 6.45) is 7.09. The molecule has 3 aromatic rings. The Morgan fingerprint density at radius 3 is 2.72 bits per heavy atom. The number of nitrogens with zero attached hydrogens (tertiary/aromatic N) is 4. The van der Waals surface area contributed by atoms with Gasteiger partial charge in [-0.1, -0.05) is 18.0 Å². The van der Waals surface area contributed by atoms with Crippen molar-refractivity contribution in [1.82, 2.24) is 19.6 Å². The molecule has 0 radical (unpaired) electrons. The molecular formula is C23H26N4O2. The minimum atomic E-state index is 0.305. The maximum atomic E-state index is 6.08. The number of aryl methyl sites for hydroxylation is 1. The van der Waals surface area contributed by atoms with Crippen molar-refractivity contribution < 1.29 is 9.26 Å². The summed E-state index contributed by atoms with van der Waals surface area (Å²) in [4.78, 5) is 6.66. The fourth-order valence-electron chi connectivity index (χ4n) is 3.46. The fourth-order valence-corrected chi connectivity index (χ4v) is 3.46. The molecule has 29 heavy (non-hydrogen) atoms. The van der Waals surface area contributed by atoms with E-state index in [1.54, 1.807) is 6.20 Å². The van der Waals surface area contributed by atoms with Crippen LogP contribution in [0.5, 0.6) is 5.75 Å². The van der Waals surface area contributed by atoms with Gasteiger partial charge in [-0.15, -0.1) is 0 Å². The normalized spacial score (nSPS) is 15.1.